The molecule has 34 heavy (non-hydrogen) atoms. The van der Waals surface area contributed by atoms with Gasteiger partial charge in [-0.3, -0.25) is 10.1 Å². The van der Waals surface area contributed by atoms with Crippen LogP contribution in [0.5, 0.6) is 11.5 Å². The summed E-state index contributed by atoms with van der Waals surface area (Å²) in [6.45, 7) is 0.906. The summed E-state index contributed by atoms with van der Waals surface area (Å²) in [5, 5.41) is 24.3. The van der Waals surface area contributed by atoms with Gasteiger partial charge in [-0.2, -0.15) is 0 Å². The summed E-state index contributed by atoms with van der Waals surface area (Å²) in [6.07, 6.45) is 3.34. The van der Waals surface area contributed by atoms with Crippen LogP contribution in [0.3, 0.4) is 0 Å². The van der Waals surface area contributed by atoms with Crippen LogP contribution in [0.25, 0.3) is 0 Å². The van der Waals surface area contributed by atoms with Gasteiger partial charge in [0, 0.05) is 24.8 Å². The number of carbonyl (C=O) groups is 1. The first-order valence-electron chi connectivity index (χ1n) is 12.2. The number of hydrogen-bond donors (Lipinski definition) is 3. The quantitative estimate of drug-likeness (QED) is 0.605. The second kappa shape index (κ2) is 7.70. The van der Waals surface area contributed by atoms with Crippen molar-refractivity contribution in [2.75, 3.05) is 20.7 Å². The van der Waals surface area contributed by atoms with Gasteiger partial charge >= 0.3 is 5.97 Å². The molecule has 180 valence electrons. The molecule has 1 saturated heterocycles. The Morgan fingerprint density at radius 1 is 1.26 bits per heavy atom. The van der Waals surface area contributed by atoms with E-state index in [9.17, 15) is 15.0 Å². The number of piperidine rings is 1. The number of hydrogen-bond acceptors (Lipinski definition) is 6. The first-order valence-corrected chi connectivity index (χ1v) is 12.2. The monoisotopic (exact) mass is 464 g/mol. The number of aliphatic carboxylic acids is 1. The Morgan fingerprint density at radius 3 is 2.79 bits per heavy atom. The van der Waals surface area contributed by atoms with Crippen LogP contribution in [0.15, 0.2) is 42.5 Å². The number of carboxylic acid groups (broad SMARTS) is 1. The molecule has 2 heterocycles. The zero-order valence-electron chi connectivity index (χ0n) is 19.7. The molecule has 0 aromatic heterocycles. The van der Waals surface area contributed by atoms with E-state index in [1.807, 2.05) is 36.4 Å². The third-order valence-electron chi connectivity index (χ3n) is 9.05. The average molecular weight is 465 g/mol. The molecule has 7 nitrogen and oxygen atoms in total. The predicted octanol–water partition coefficient (Wildman–Crippen LogP) is 2.48. The Labute approximate surface area is 199 Å². The smallest absolute Gasteiger partial charge is 0.321 e. The normalized spacial score (nSPS) is 34.2. The number of benzene rings is 2. The first kappa shape index (κ1) is 21.9. The van der Waals surface area contributed by atoms with Crippen LogP contribution in [0.4, 0.5) is 0 Å². The second-order valence-corrected chi connectivity index (χ2v) is 10.4. The van der Waals surface area contributed by atoms with Gasteiger partial charge < -0.3 is 24.6 Å². The molecule has 0 radical (unpaired) electrons. The minimum Gasteiger partial charge on any atom is -0.504 e. The fourth-order valence-electron chi connectivity index (χ4n) is 7.64. The van der Waals surface area contributed by atoms with E-state index in [2.05, 4.69) is 17.3 Å². The number of aromatic hydroxyl groups is 1. The van der Waals surface area contributed by atoms with Crippen molar-refractivity contribution in [3.05, 3.63) is 59.2 Å². The van der Waals surface area contributed by atoms with E-state index in [0.717, 1.165) is 43.4 Å². The van der Waals surface area contributed by atoms with E-state index < -0.39 is 23.0 Å². The van der Waals surface area contributed by atoms with Crippen molar-refractivity contribution in [3.8, 4) is 11.5 Å². The summed E-state index contributed by atoms with van der Waals surface area (Å²) in [5.41, 5.74) is 2.42. The van der Waals surface area contributed by atoms with E-state index in [4.69, 9.17) is 9.47 Å². The predicted molar refractivity (Wildman–Crippen MR) is 126 cm³/mol. The molecule has 6 atom stereocenters. The number of phenolic OH excluding ortho intramolecular Hbond substituents is 1. The molecular weight excluding hydrogens is 432 g/mol. The SMILES string of the molecule is CO[C@@]12CC[C@H](N[C@@H](Cc3ccccc3)C(=O)O)[C@@H]3Oc4c(O)ccc5c4[C@@]31CCN(C)C2C5. The average Bonchev–Trinajstić information content (AvgIpc) is 3.20. The van der Waals surface area contributed by atoms with Crippen molar-refractivity contribution < 1.29 is 24.5 Å². The lowest BCUT2D eigenvalue weighted by Gasteiger charge is -2.65. The first-order chi connectivity index (χ1) is 16.4. The molecule has 7 heteroatoms. The van der Waals surface area contributed by atoms with Crippen LogP contribution in [-0.4, -0.2) is 71.6 Å². The third-order valence-corrected chi connectivity index (χ3v) is 9.05. The molecule has 6 rings (SSSR count). The van der Waals surface area contributed by atoms with Gasteiger partial charge in [0.2, 0.25) is 0 Å². The Bertz CT molecular complexity index is 1120. The molecule has 3 N–H and O–H groups in total. The summed E-state index contributed by atoms with van der Waals surface area (Å²) < 4.78 is 13.1. The van der Waals surface area contributed by atoms with E-state index in [1.165, 1.54) is 5.56 Å². The Balaban J connectivity index is 1.42. The third kappa shape index (κ3) is 2.78. The highest BCUT2D eigenvalue weighted by molar-refractivity contribution is 5.74. The largest absolute Gasteiger partial charge is 0.504 e. The van der Waals surface area contributed by atoms with Crippen LogP contribution < -0.4 is 10.1 Å². The maximum absolute atomic E-state index is 12.3. The number of rotatable bonds is 6. The van der Waals surface area contributed by atoms with E-state index in [1.54, 1.807) is 13.2 Å². The number of nitrogens with one attached hydrogen (secondary N) is 1. The van der Waals surface area contributed by atoms with Gasteiger partial charge in [-0.25, -0.2) is 0 Å². The van der Waals surface area contributed by atoms with Crippen molar-refractivity contribution >= 4 is 5.97 Å². The standard InChI is InChI=1S/C27H32N2O5/c1-29-13-12-26-22-17-8-9-20(30)23(22)34-24(26)18(10-11-27(26,33-2)21(29)15-17)28-19(25(31)32)14-16-6-4-3-5-7-16/h3-9,18-19,21,24,28,30H,10-15H2,1-2H3,(H,31,32)/t18-,19-,21?,24-,26-,27+/m0/s1. The summed E-state index contributed by atoms with van der Waals surface area (Å²) in [4.78, 5) is 14.7. The number of methoxy groups -OCH3 is 1. The Hall–Kier alpha value is -2.61. The highest BCUT2D eigenvalue weighted by atomic mass is 16.5. The lowest BCUT2D eigenvalue weighted by atomic mass is 9.48. The lowest BCUT2D eigenvalue weighted by Crippen LogP contribution is -2.78. The zero-order chi connectivity index (χ0) is 23.7. The number of phenols is 1. The van der Waals surface area contributed by atoms with Crippen LogP contribution in [0, 0.1) is 0 Å². The molecule has 2 bridgehead atoms. The Kier molecular flexibility index (Phi) is 4.96. The van der Waals surface area contributed by atoms with Gasteiger partial charge in [-0.1, -0.05) is 36.4 Å². The van der Waals surface area contributed by atoms with Gasteiger partial charge in [0.25, 0.3) is 0 Å². The van der Waals surface area contributed by atoms with Crippen molar-refractivity contribution in [2.45, 2.75) is 67.3 Å². The number of likely N-dealkylation sites (N-methyl/N-ethyl adjacent to an activating group) is 1. The van der Waals surface area contributed by atoms with Crippen LogP contribution in [0.2, 0.25) is 0 Å². The van der Waals surface area contributed by atoms with Crippen LogP contribution in [-0.2, 0) is 27.8 Å². The summed E-state index contributed by atoms with van der Waals surface area (Å²) in [5.74, 6) is -0.146. The van der Waals surface area contributed by atoms with E-state index in [-0.39, 0.29) is 23.9 Å². The van der Waals surface area contributed by atoms with Gasteiger partial charge in [0.1, 0.15) is 12.1 Å². The fraction of sp³-hybridized carbons (Fsp3) is 0.519. The summed E-state index contributed by atoms with van der Waals surface area (Å²) >= 11 is 0. The molecular formula is C27H32N2O5. The minimum atomic E-state index is -0.867. The number of carboxylic acids is 1. The second-order valence-electron chi connectivity index (χ2n) is 10.4. The molecule has 2 aliphatic heterocycles. The topological polar surface area (TPSA) is 91.3 Å². The maximum atomic E-state index is 12.3. The summed E-state index contributed by atoms with van der Waals surface area (Å²) in [6, 6.07) is 12.8. The minimum absolute atomic E-state index is 0.155. The molecule has 2 aliphatic carbocycles. The zero-order valence-corrected chi connectivity index (χ0v) is 19.7. The number of nitrogens with zero attached hydrogens (tertiary/aromatic N) is 1. The van der Waals surface area contributed by atoms with E-state index in [0.29, 0.717) is 12.2 Å². The van der Waals surface area contributed by atoms with Crippen LogP contribution in [0.1, 0.15) is 36.0 Å². The van der Waals surface area contributed by atoms with Gasteiger partial charge in [-0.05, 0) is 62.9 Å². The Morgan fingerprint density at radius 2 is 2.06 bits per heavy atom. The van der Waals surface area contributed by atoms with Gasteiger partial charge in [-0.15, -0.1) is 0 Å². The summed E-state index contributed by atoms with van der Waals surface area (Å²) in [7, 11) is 3.97. The molecule has 2 aromatic rings. The highest BCUT2D eigenvalue weighted by Gasteiger charge is 2.73. The molecule has 1 saturated carbocycles. The van der Waals surface area contributed by atoms with E-state index >= 15 is 0 Å². The number of ether oxygens (including phenoxy) is 2. The maximum Gasteiger partial charge on any atom is 0.321 e. The highest BCUT2D eigenvalue weighted by Crippen LogP contribution is 2.66. The van der Waals surface area contributed by atoms with Gasteiger partial charge in [0.15, 0.2) is 11.5 Å². The molecule has 0 amide bonds. The molecule has 4 aliphatic rings. The van der Waals surface area contributed by atoms with Gasteiger partial charge in [0.05, 0.1) is 11.0 Å². The van der Waals surface area contributed by atoms with Crippen molar-refractivity contribution in [3.63, 3.8) is 0 Å². The van der Waals surface area contributed by atoms with Crippen molar-refractivity contribution in [1.82, 2.24) is 10.2 Å². The molecule has 2 fully saturated rings. The number of likely N-dealkylation sites (tertiary alicyclic amines) is 1. The molecule has 1 spiro atoms. The fourth-order valence-corrected chi connectivity index (χ4v) is 7.64. The molecule has 2 aromatic carbocycles. The van der Waals surface area contributed by atoms with Crippen LogP contribution >= 0.6 is 0 Å². The lowest BCUT2D eigenvalue weighted by molar-refractivity contribution is -0.204. The molecule has 1 unspecified atom stereocenters. The van der Waals surface area contributed by atoms with Crippen molar-refractivity contribution in [1.29, 1.82) is 0 Å². The van der Waals surface area contributed by atoms with Crippen molar-refractivity contribution in [2.24, 2.45) is 0 Å².